The Labute approximate surface area is 126 Å². The first-order valence-corrected chi connectivity index (χ1v) is 6.56. The number of anilines is 2. The Bertz CT molecular complexity index is 734. The summed E-state index contributed by atoms with van der Waals surface area (Å²) < 4.78 is 11.1. The number of nitrogens with one attached hydrogen (secondary N) is 2. The van der Waals surface area contributed by atoms with Gasteiger partial charge in [0.25, 0.3) is 5.91 Å². The van der Waals surface area contributed by atoms with Crippen molar-refractivity contribution in [2.75, 3.05) is 19.5 Å². The molecule has 7 heteroatoms. The first kappa shape index (κ1) is 13.5. The van der Waals surface area contributed by atoms with Gasteiger partial charge < -0.3 is 20.1 Å². The molecule has 1 amide bonds. The number of methoxy groups -OCH3 is 1. The van der Waals surface area contributed by atoms with Crippen LogP contribution in [-0.4, -0.2) is 25.0 Å². The quantitative estimate of drug-likeness (QED) is 0.712. The van der Waals surface area contributed by atoms with Crippen LogP contribution in [0.25, 0.3) is 0 Å². The van der Waals surface area contributed by atoms with Crippen molar-refractivity contribution in [3.8, 4) is 17.2 Å². The van der Waals surface area contributed by atoms with E-state index < -0.39 is 0 Å². The second kappa shape index (κ2) is 5.14. The van der Waals surface area contributed by atoms with Gasteiger partial charge in [0, 0.05) is 13.2 Å². The zero-order valence-corrected chi connectivity index (χ0v) is 12.1. The average molecular weight is 306 g/mol. The number of fused-ring (bicyclic) bond motifs is 2. The average Bonchev–Trinajstić information content (AvgIpc) is 2.52. The lowest BCUT2D eigenvalue weighted by atomic mass is 10.1. The van der Waals surface area contributed by atoms with E-state index in [0.717, 1.165) is 0 Å². The maximum absolute atomic E-state index is 11.9. The van der Waals surface area contributed by atoms with Crippen LogP contribution in [-0.2, 0) is 0 Å². The molecular weight excluding hydrogens is 294 g/mol. The van der Waals surface area contributed by atoms with Gasteiger partial charge in [0.1, 0.15) is 11.4 Å². The number of aromatic nitrogens is 1. The Hall–Kier alpha value is -2.47. The normalized spacial score (nSPS) is 11.6. The molecule has 0 atom stereocenters. The number of amides is 1. The van der Waals surface area contributed by atoms with E-state index in [1.807, 2.05) is 0 Å². The predicted molar refractivity (Wildman–Crippen MR) is 79.0 cm³/mol. The summed E-state index contributed by atoms with van der Waals surface area (Å²) in [5, 5.41) is 5.88. The summed E-state index contributed by atoms with van der Waals surface area (Å²) in [5.74, 6) is 1.19. The highest BCUT2D eigenvalue weighted by molar-refractivity contribution is 6.31. The Morgan fingerprint density at radius 1 is 1.43 bits per heavy atom. The van der Waals surface area contributed by atoms with E-state index >= 15 is 0 Å². The summed E-state index contributed by atoms with van der Waals surface area (Å²) in [6, 6.07) is 5.37. The lowest BCUT2D eigenvalue weighted by Crippen LogP contribution is -2.21. The molecule has 0 aliphatic carbocycles. The predicted octanol–water partition coefficient (Wildman–Crippen LogP) is 2.95. The van der Waals surface area contributed by atoms with Crippen LogP contribution in [0.2, 0.25) is 5.15 Å². The molecule has 1 aliphatic heterocycles. The number of halogens is 1. The van der Waals surface area contributed by atoms with Crippen molar-refractivity contribution in [3.63, 3.8) is 0 Å². The first-order valence-electron chi connectivity index (χ1n) is 6.18. The molecule has 1 aliphatic rings. The van der Waals surface area contributed by atoms with Gasteiger partial charge >= 0.3 is 0 Å². The number of carbonyl (C=O) groups is 1. The zero-order valence-electron chi connectivity index (χ0n) is 11.4. The first-order chi connectivity index (χ1) is 10.2. The number of hydrogen-bond acceptors (Lipinski definition) is 5. The summed E-state index contributed by atoms with van der Waals surface area (Å²) in [7, 11) is 3.10. The zero-order chi connectivity index (χ0) is 15.0. The molecule has 0 fully saturated rings. The monoisotopic (exact) mass is 305 g/mol. The third kappa shape index (κ3) is 2.13. The van der Waals surface area contributed by atoms with Crippen LogP contribution < -0.4 is 20.1 Å². The van der Waals surface area contributed by atoms with Gasteiger partial charge in [-0.3, -0.25) is 4.79 Å². The van der Waals surface area contributed by atoms with Crippen molar-refractivity contribution in [1.29, 1.82) is 0 Å². The second-order valence-electron chi connectivity index (χ2n) is 4.31. The summed E-state index contributed by atoms with van der Waals surface area (Å²) >= 11 is 6.06. The number of carbonyl (C=O) groups excluding carboxylic acids is 1. The fraction of sp³-hybridized carbons (Fsp3) is 0.143. The minimum absolute atomic E-state index is 0.179. The van der Waals surface area contributed by atoms with Crippen molar-refractivity contribution < 1.29 is 14.3 Å². The number of nitrogens with zero attached hydrogens (tertiary/aromatic N) is 1. The van der Waals surface area contributed by atoms with Crippen LogP contribution in [0.4, 0.5) is 11.4 Å². The highest BCUT2D eigenvalue weighted by Gasteiger charge is 2.27. The number of pyridine rings is 1. The third-order valence-electron chi connectivity index (χ3n) is 3.13. The molecule has 1 aromatic carbocycles. The molecule has 2 aromatic rings. The van der Waals surface area contributed by atoms with E-state index in [4.69, 9.17) is 21.1 Å². The van der Waals surface area contributed by atoms with Gasteiger partial charge in [0.15, 0.2) is 16.7 Å². The van der Waals surface area contributed by atoms with Gasteiger partial charge in [0.2, 0.25) is 0 Å². The molecule has 0 spiro atoms. The molecule has 0 saturated heterocycles. The van der Waals surface area contributed by atoms with Crippen molar-refractivity contribution in [2.24, 2.45) is 0 Å². The highest BCUT2D eigenvalue weighted by Crippen LogP contribution is 2.49. The lowest BCUT2D eigenvalue weighted by Gasteiger charge is -2.25. The maximum atomic E-state index is 11.9. The largest absolute Gasteiger partial charge is 0.494 e. The highest BCUT2D eigenvalue weighted by atomic mass is 35.5. The van der Waals surface area contributed by atoms with E-state index in [-0.39, 0.29) is 11.1 Å². The second-order valence-corrected chi connectivity index (χ2v) is 4.66. The molecule has 3 rings (SSSR count). The van der Waals surface area contributed by atoms with Crippen molar-refractivity contribution in [1.82, 2.24) is 10.3 Å². The minimum Gasteiger partial charge on any atom is -0.494 e. The van der Waals surface area contributed by atoms with Crippen LogP contribution >= 0.6 is 11.6 Å². The molecule has 0 saturated carbocycles. The maximum Gasteiger partial charge on any atom is 0.254 e. The van der Waals surface area contributed by atoms with E-state index in [1.165, 1.54) is 6.20 Å². The Kier molecular flexibility index (Phi) is 3.31. The van der Waals surface area contributed by atoms with Crippen LogP contribution in [0.1, 0.15) is 10.4 Å². The summed E-state index contributed by atoms with van der Waals surface area (Å²) in [6.07, 6.45) is 1.40. The molecule has 2 N–H and O–H groups in total. The van der Waals surface area contributed by atoms with Crippen LogP contribution in [0.5, 0.6) is 17.2 Å². The van der Waals surface area contributed by atoms with E-state index in [9.17, 15) is 4.79 Å². The SMILES string of the molecule is CNC(=O)c1cnc(Cl)c2c1Nc1c(OC)cccc1O2. The molecule has 6 nitrogen and oxygen atoms in total. The van der Waals surface area contributed by atoms with Crippen molar-refractivity contribution >= 4 is 28.9 Å². The number of hydrogen-bond donors (Lipinski definition) is 2. The molecule has 108 valence electrons. The number of rotatable bonds is 2. The topological polar surface area (TPSA) is 72.5 Å². The van der Waals surface area contributed by atoms with Gasteiger partial charge in [-0.2, -0.15) is 0 Å². The standard InChI is InChI=1S/C14H12ClN3O3/c1-16-14(19)7-6-17-13(15)12-10(7)18-11-8(20-2)4-3-5-9(11)21-12/h3-6,18H,1-2H3,(H,16,19). The molecule has 21 heavy (non-hydrogen) atoms. The smallest absolute Gasteiger partial charge is 0.254 e. The van der Waals surface area contributed by atoms with Crippen molar-refractivity contribution in [3.05, 3.63) is 35.1 Å². The number of ether oxygens (including phenoxy) is 2. The summed E-state index contributed by atoms with van der Waals surface area (Å²) in [6.45, 7) is 0. The molecule has 0 bridgehead atoms. The molecule has 0 radical (unpaired) electrons. The molecule has 2 heterocycles. The Balaban J connectivity index is 2.17. The summed E-state index contributed by atoms with van der Waals surface area (Å²) in [5.41, 5.74) is 1.44. The van der Waals surface area contributed by atoms with Crippen LogP contribution in [0, 0.1) is 0 Å². The molecule has 0 unspecified atom stereocenters. The van der Waals surface area contributed by atoms with E-state index in [1.54, 1.807) is 32.4 Å². The fourth-order valence-corrected chi connectivity index (χ4v) is 2.30. The number of para-hydroxylation sites is 1. The Morgan fingerprint density at radius 3 is 2.95 bits per heavy atom. The van der Waals surface area contributed by atoms with Crippen molar-refractivity contribution in [2.45, 2.75) is 0 Å². The van der Waals surface area contributed by atoms with Gasteiger partial charge in [-0.1, -0.05) is 17.7 Å². The van der Waals surface area contributed by atoms with Gasteiger partial charge in [-0.25, -0.2) is 4.98 Å². The summed E-state index contributed by atoms with van der Waals surface area (Å²) in [4.78, 5) is 15.9. The minimum atomic E-state index is -0.287. The third-order valence-corrected chi connectivity index (χ3v) is 3.40. The lowest BCUT2D eigenvalue weighted by molar-refractivity contribution is 0.0963. The van der Waals surface area contributed by atoms with Gasteiger partial charge in [0.05, 0.1) is 18.4 Å². The van der Waals surface area contributed by atoms with E-state index in [0.29, 0.717) is 34.2 Å². The number of benzene rings is 1. The molecular formula is C14H12ClN3O3. The van der Waals surface area contributed by atoms with Gasteiger partial charge in [-0.15, -0.1) is 0 Å². The van der Waals surface area contributed by atoms with Gasteiger partial charge in [-0.05, 0) is 12.1 Å². The fourth-order valence-electron chi connectivity index (χ4n) is 2.12. The van der Waals surface area contributed by atoms with Crippen LogP contribution in [0.15, 0.2) is 24.4 Å². The molecule has 1 aromatic heterocycles. The van der Waals surface area contributed by atoms with E-state index in [2.05, 4.69) is 15.6 Å². The Morgan fingerprint density at radius 2 is 2.24 bits per heavy atom. The van der Waals surface area contributed by atoms with Crippen LogP contribution in [0.3, 0.4) is 0 Å².